The molecule has 2 atom stereocenters. The molecule has 3 fully saturated rings. The van der Waals surface area contributed by atoms with Gasteiger partial charge in [0.25, 0.3) is 0 Å². The highest BCUT2D eigenvalue weighted by molar-refractivity contribution is 5.84. The Morgan fingerprint density at radius 3 is 2.56 bits per heavy atom. The van der Waals surface area contributed by atoms with E-state index in [4.69, 9.17) is 4.74 Å². The molecule has 1 saturated heterocycles. The number of hydrogen-bond donors (Lipinski definition) is 0. The SMILES string of the molecule is CCN1CCC(N(C(=O)[C@H]2C[C@@H]2c2cccc(OC)c2)C2CC2)CC1. The van der Waals surface area contributed by atoms with Gasteiger partial charge >= 0.3 is 0 Å². The summed E-state index contributed by atoms with van der Waals surface area (Å²) < 4.78 is 5.34. The first-order valence-electron chi connectivity index (χ1n) is 9.89. The van der Waals surface area contributed by atoms with Crippen molar-refractivity contribution in [3.8, 4) is 5.75 Å². The number of nitrogens with zero attached hydrogens (tertiary/aromatic N) is 2. The van der Waals surface area contributed by atoms with E-state index < -0.39 is 0 Å². The Kier molecular flexibility index (Phi) is 4.72. The number of carbonyl (C=O) groups excluding carboxylic acids is 1. The number of amides is 1. The van der Waals surface area contributed by atoms with Gasteiger partial charge < -0.3 is 14.5 Å². The van der Waals surface area contributed by atoms with Crippen molar-refractivity contribution < 1.29 is 9.53 Å². The Morgan fingerprint density at radius 2 is 1.92 bits per heavy atom. The highest BCUT2D eigenvalue weighted by Crippen LogP contribution is 2.50. The van der Waals surface area contributed by atoms with Gasteiger partial charge in [-0.1, -0.05) is 19.1 Å². The third-order valence-corrected chi connectivity index (χ3v) is 6.22. The second-order valence-electron chi connectivity index (χ2n) is 7.87. The van der Waals surface area contributed by atoms with Crippen LogP contribution in [0.4, 0.5) is 0 Å². The van der Waals surface area contributed by atoms with Gasteiger partial charge in [-0.15, -0.1) is 0 Å². The molecule has 4 nitrogen and oxygen atoms in total. The molecule has 2 aliphatic carbocycles. The molecule has 1 aromatic rings. The summed E-state index contributed by atoms with van der Waals surface area (Å²) in [6.45, 7) is 5.64. The van der Waals surface area contributed by atoms with Crippen molar-refractivity contribution in [2.75, 3.05) is 26.7 Å². The number of piperidine rings is 1. The van der Waals surface area contributed by atoms with E-state index in [1.165, 1.54) is 18.4 Å². The highest BCUT2D eigenvalue weighted by atomic mass is 16.5. The minimum Gasteiger partial charge on any atom is -0.497 e. The third-order valence-electron chi connectivity index (χ3n) is 6.22. The molecule has 4 rings (SSSR count). The maximum atomic E-state index is 13.3. The van der Waals surface area contributed by atoms with Gasteiger partial charge in [-0.05, 0) is 62.3 Å². The Hall–Kier alpha value is -1.55. The summed E-state index contributed by atoms with van der Waals surface area (Å²) >= 11 is 0. The van der Waals surface area contributed by atoms with Crippen LogP contribution in [0.3, 0.4) is 0 Å². The van der Waals surface area contributed by atoms with E-state index in [1.807, 2.05) is 12.1 Å². The molecular weight excluding hydrogens is 312 g/mol. The molecule has 4 heteroatoms. The fourth-order valence-electron chi connectivity index (χ4n) is 4.42. The standard InChI is InChI=1S/C21H30N2O2/c1-3-22-11-9-17(10-12-22)23(16-7-8-16)21(24)20-14-19(20)15-5-4-6-18(13-15)25-2/h4-6,13,16-17,19-20H,3,7-12,14H2,1-2H3/t19-,20+/m1/s1. The first kappa shape index (κ1) is 16.9. The lowest BCUT2D eigenvalue weighted by Gasteiger charge is -2.38. The molecule has 0 radical (unpaired) electrons. The third kappa shape index (κ3) is 3.55. The average Bonchev–Trinajstić information content (AvgIpc) is 3.56. The molecule has 0 bridgehead atoms. The van der Waals surface area contributed by atoms with Crippen LogP contribution in [0.25, 0.3) is 0 Å². The van der Waals surface area contributed by atoms with Crippen LogP contribution in [0.2, 0.25) is 0 Å². The minimum absolute atomic E-state index is 0.192. The topological polar surface area (TPSA) is 32.8 Å². The zero-order valence-corrected chi connectivity index (χ0v) is 15.5. The van der Waals surface area contributed by atoms with E-state index in [0.717, 1.165) is 44.6 Å². The van der Waals surface area contributed by atoms with Crippen molar-refractivity contribution in [2.24, 2.45) is 5.92 Å². The van der Waals surface area contributed by atoms with Crippen molar-refractivity contribution >= 4 is 5.91 Å². The number of likely N-dealkylation sites (tertiary alicyclic amines) is 1. The van der Waals surface area contributed by atoms with Crippen molar-refractivity contribution in [3.05, 3.63) is 29.8 Å². The molecule has 0 unspecified atom stereocenters. The lowest BCUT2D eigenvalue weighted by molar-refractivity contribution is -0.136. The molecule has 0 N–H and O–H groups in total. The van der Waals surface area contributed by atoms with Crippen LogP contribution in [0, 0.1) is 5.92 Å². The first-order chi connectivity index (χ1) is 12.2. The van der Waals surface area contributed by atoms with Gasteiger partial charge in [0.05, 0.1) is 7.11 Å². The van der Waals surface area contributed by atoms with Crippen LogP contribution in [-0.4, -0.2) is 54.5 Å². The van der Waals surface area contributed by atoms with Crippen LogP contribution < -0.4 is 4.74 Å². The molecule has 1 amide bonds. The lowest BCUT2D eigenvalue weighted by Crippen LogP contribution is -2.49. The van der Waals surface area contributed by atoms with E-state index in [0.29, 0.717) is 23.9 Å². The van der Waals surface area contributed by atoms with Gasteiger partial charge in [-0.25, -0.2) is 0 Å². The number of rotatable bonds is 6. The summed E-state index contributed by atoms with van der Waals surface area (Å²) in [6, 6.07) is 9.24. The molecule has 0 spiro atoms. The van der Waals surface area contributed by atoms with Crippen LogP contribution in [-0.2, 0) is 4.79 Å². The normalized spacial score (nSPS) is 27.1. The second-order valence-corrected chi connectivity index (χ2v) is 7.87. The number of benzene rings is 1. The van der Waals surface area contributed by atoms with Gasteiger partial charge in [0.2, 0.25) is 5.91 Å². The molecule has 2 saturated carbocycles. The zero-order chi connectivity index (χ0) is 17.4. The predicted octanol–water partition coefficient (Wildman–Crippen LogP) is 3.27. The largest absolute Gasteiger partial charge is 0.497 e. The Bertz CT molecular complexity index is 620. The smallest absolute Gasteiger partial charge is 0.226 e. The summed E-state index contributed by atoms with van der Waals surface area (Å²) in [5.41, 5.74) is 1.26. The maximum Gasteiger partial charge on any atom is 0.226 e. The van der Waals surface area contributed by atoms with Gasteiger partial charge in [-0.3, -0.25) is 4.79 Å². The van der Waals surface area contributed by atoms with Crippen LogP contribution in [0.5, 0.6) is 5.75 Å². The summed E-state index contributed by atoms with van der Waals surface area (Å²) in [4.78, 5) is 18.1. The molecule has 1 aromatic carbocycles. The quantitative estimate of drug-likeness (QED) is 0.795. The summed E-state index contributed by atoms with van der Waals surface area (Å²) in [6.07, 6.45) is 5.70. The number of ether oxygens (including phenoxy) is 1. The number of carbonyl (C=O) groups is 1. The Labute approximate surface area is 151 Å². The van der Waals surface area contributed by atoms with Crippen molar-refractivity contribution in [1.29, 1.82) is 0 Å². The molecule has 25 heavy (non-hydrogen) atoms. The predicted molar refractivity (Wildman–Crippen MR) is 98.8 cm³/mol. The lowest BCUT2D eigenvalue weighted by atomic mass is 10.0. The number of methoxy groups -OCH3 is 1. The van der Waals surface area contributed by atoms with E-state index in [2.05, 4.69) is 28.9 Å². The molecule has 3 aliphatic rings. The summed E-state index contributed by atoms with van der Waals surface area (Å²) in [7, 11) is 1.70. The Morgan fingerprint density at radius 1 is 1.20 bits per heavy atom. The maximum absolute atomic E-state index is 13.3. The Balaban J connectivity index is 1.42. The van der Waals surface area contributed by atoms with Crippen LogP contribution in [0.1, 0.15) is 50.5 Å². The van der Waals surface area contributed by atoms with Gasteiger partial charge in [0, 0.05) is 31.1 Å². The fourth-order valence-corrected chi connectivity index (χ4v) is 4.42. The van der Waals surface area contributed by atoms with Crippen LogP contribution in [0.15, 0.2) is 24.3 Å². The van der Waals surface area contributed by atoms with Gasteiger partial charge in [-0.2, -0.15) is 0 Å². The van der Waals surface area contributed by atoms with Gasteiger partial charge in [0.15, 0.2) is 0 Å². The van der Waals surface area contributed by atoms with Crippen molar-refractivity contribution in [3.63, 3.8) is 0 Å². The average molecular weight is 342 g/mol. The van der Waals surface area contributed by atoms with Crippen LogP contribution >= 0.6 is 0 Å². The first-order valence-corrected chi connectivity index (χ1v) is 9.89. The zero-order valence-electron chi connectivity index (χ0n) is 15.5. The van der Waals surface area contributed by atoms with Crippen molar-refractivity contribution in [2.45, 2.75) is 57.0 Å². The number of hydrogen-bond acceptors (Lipinski definition) is 3. The van der Waals surface area contributed by atoms with Crippen molar-refractivity contribution in [1.82, 2.24) is 9.80 Å². The minimum atomic E-state index is 0.192. The van der Waals surface area contributed by atoms with Gasteiger partial charge in [0.1, 0.15) is 5.75 Å². The highest BCUT2D eigenvalue weighted by Gasteiger charge is 2.50. The summed E-state index contributed by atoms with van der Waals surface area (Å²) in [5, 5.41) is 0. The molecule has 136 valence electrons. The van der Waals surface area contributed by atoms with E-state index in [-0.39, 0.29) is 5.92 Å². The monoisotopic (exact) mass is 342 g/mol. The molecule has 1 heterocycles. The fraction of sp³-hybridized carbons (Fsp3) is 0.667. The molecular formula is C21H30N2O2. The second kappa shape index (κ2) is 6.99. The van der Waals surface area contributed by atoms with E-state index in [1.54, 1.807) is 7.11 Å². The molecule has 1 aliphatic heterocycles. The molecule has 0 aromatic heterocycles. The summed E-state index contributed by atoms with van der Waals surface area (Å²) in [5.74, 6) is 1.89. The van der Waals surface area contributed by atoms with E-state index in [9.17, 15) is 4.79 Å². The van der Waals surface area contributed by atoms with E-state index >= 15 is 0 Å².